The third kappa shape index (κ3) is 4.15. The molecule has 1 unspecified atom stereocenters. The number of anilines is 1. The third-order valence-electron chi connectivity index (χ3n) is 6.24. The molecule has 2 heterocycles. The molecule has 2 aromatic carbocycles. The summed E-state index contributed by atoms with van der Waals surface area (Å²) in [7, 11) is 0. The van der Waals surface area contributed by atoms with Gasteiger partial charge in [0.15, 0.2) is 0 Å². The van der Waals surface area contributed by atoms with Crippen LogP contribution in [0.4, 0.5) is 32.2 Å². The number of aryl methyl sites for hydroxylation is 1. The van der Waals surface area contributed by atoms with Gasteiger partial charge in [-0.25, -0.2) is 4.98 Å². The summed E-state index contributed by atoms with van der Waals surface area (Å²) in [4.78, 5) is 18.4. The van der Waals surface area contributed by atoms with Gasteiger partial charge in [-0.2, -0.15) is 26.3 Å². The fourth-order valence-electron chi connectivity index (χ4n) is 4.71. The van der Waals surface area contributed by atoms with Gasteiger partial charge >= 0.3 is 12.4 Å². The Bertz CT molecular complexity index is 1460. The Hall–Kier alpha value is -3.76. The van der Waals surface area contributed by atoms with Crippen LogP contribution in [-0.4, -0.2) is 32.9 Å². The van der Waals surface area contributed by atoms with E-state index in [1.54, 1.807) is 22.7 Å². The van der Waals surface area contributed by atoms with Crippen LogP contribution in [0.1, 0.15) is 39.5 Å². The number of carbonyl (C=O) groups is 1. The topological polar surface area (TPSA) is 63.6 Å². The zero-order valence-corrected chi connectivity index (χ0v) is 18.0. The standard InChI is InChI=1S/C24H18F6N4O/c25-23(26,27)12-34(18-8-4-13-10-15(24(28,29)30)5-6-16(13)18)22(35)14-3-7-17-20(11-14)33-9-1-2-19(33)21(31)32-17/h1-3,5-7,9-11,18H,4,8,12H2,(H2,31,32). The van der Waals surface area contributed by atoms with Crippen molar-refractivity contribution < 1.29 is 31.1 Å². The lowest BCUT2D eigenvalue weighted by atomic mass is 10.0. The SMILES string of the molecule is Nc1nc2ccc(C(=O)N(CC(F)(F)F)C3CCc4cc(C(F)(F)F)ccc43)cc2n2cccc12. The van der Waals surface area contributed by atoms with Gasteiger partial charge in [-0.3, -0.25) is 4.79 Å². The number of rotatable bonds is 3. The number of amides is 1. The lowest BCUT2D eigenvalue weighted by Gasteiger charge is -2.31. The molecule has 4 aromatic rings. The molecule has 0 fully saturated rings. The number of carbonyl (C=O) groups excluding carboxylic acids is 1. The number of nitrogens with zero attached hydrogens (tertiary/aromatic N) is 3. The van der Waals surface area contributed by atoms with Crippen LogP contribution in [-0.2, 0) is 12.6 Å². The molecular formula is C24H18F6N4O. The zero-order valence-electron chi connectivity index (χ0n) is 18.0. The Labute approximate surface area is 194 Å². The number of nitrogen functional groups attached to an aromatic ring is 1. The second-order valence-corrected chi connectivity index (χ2v) is 8.48. The van der Waals surface area contributed by atoms with Gasteiger partial charge in [0.2, 0.25) is 0 Å². The molecule has 5 nitrogen and oxygen atoms in total. The van der Waals surface area contributed by atoms with Crippen molar-refractivity contribution in [3.63, 3.8) is 0 Å². The van der Waals surface area contributed by atoms with E-state index in [9.17, 15) is 31.1 Å². The third-order valence-corrected chi connectivity index (χ3v) is 6.24. The second-order valence-electron chi connectivity index (χ2n) is 8.48. The van der Waals surface area contributed by atoms with Crippen molar-refractivity contribution in [2.75, 3.05) is 12.3 Å². The van der Waals surface area contributed by atoms with Crippen LogP contribution in [0, 0.1) is 0 Å². The van der Waals surface area contributed by atoms with Gasteiger partial charge in [0.25, 0.3) is 5.91 Å². The largest absolute Gasteiger partial charge is 0.416 e. The zero-order chi connectivity index (χ0) is 25.1. The average molecular weight is 492 g/mol. The number of aromatic nitrogens is 2. The maximum atomic E-state index is 13.5. The molecule has 1 aliphatic carbocycles. The summed E-state index contributed by atoms with van der Waals surface area (Å²) in [5.74, 6) is -0.611. The van der Waals surface area contributed by atoms with Crippen LogP contribution >= 0.6 is 0 Å². The molecule has 0 aliphatic heterocycles. The van der Waals surface area contributed by atoms with E-state index in [2.05, 4.69) is 4.98 Å². The Kier molecular flexibility index (Phi) is 5.19. The second kappa shape index (κ2) is 7.89. The smallest absolute Gasteiger partial charge is 0.382 e. The lowest BCUT2D eigenvalue weighted by Crippen LogP contribution is -2.41. The van der Waals surface area contributed by atoms with E-state index in [-0.39, 0.29) is 29.8 Å². The molecule has 5 rings (SSSR count). The quantitative estimate of drug-likeness (QED) is 0.369. The average Bonchev–Trinajstić information content (AvgIpc) is 3.43. The van der Waals surface area contributed by atoms with E-state index in [1.807, 2.05) is 0 Å². The molecule has 0 bridgehead atoms. The molecule has 0 saturated carbocycles. The molecule has 11 heteroatoms. The highest BCUT2D eigenvalue weighted by Gasteiger charge is 2.40. The number of nitrogens with two attached hydrogens (primary N) is 1. The number of benzene rings is 2. The van der Waals surface area contributed by atoms with Crippen LogP contribution in [0.2, 0.25) is 0 Å². The minimum atomic E-state index is -4.70. The van der Waals surface area contributed by atoms with E-state index in [1.165, 1.54) is 24.3 Å². The predicted molar refractivity (Wildman–Crippen MR) is 117 cm³/mol. The van der Waals surface area contributed by atoms with Crippen LogP contribution in [0.5, 0.6) is 0 Å². The molecular weight excluding hydrogens is 474 g/mol. The first-order chi connectivity index (χ1) is 16.4. The highest BCUT2D eigenvalue weighted by atomic mass is 19.4. The minimum absolute atomic E-state index is 0.00341. The number of hydrogen-bond donors (Lipinski definition) is 1. The number of hydrogen-bond acceptors (Lipinski definition) is 3. The molecule has 1 amide bonds. The van der Waals surface area contributed by atoms with Crippen molar-refractivity contribution in [2.24, 2.45) is 0 Å². The summed E-state index contributed by atoms with van der Waals surface area (Å²) in [5.41, 5.74) is 7.18. The van der Waals surface area contributed by atoms with Gasteiger partial charge in [-0.15, -0.1) is 0 Å². The van der Waals surface area contributed by atoms with Gasteiger partial charge in [0.1, 0.15) is 12.4 Å². The first-order valence-electron chi connectivity index (χ1n) is 10.7. The number of alkyl halides is 6. The molecule has 35 heavy (non-hydrogen) atoms. The summed E-state index contributed by atoms with van der Waals surface area (Å²) >= 11 is 0. The molecule has 0 spiro atoms. The monoisotopic (exact) mass is 492 g/mol. The van der Waals surface area contributed by atoms with Crippen molar-refractivity contribution in [1.29, 1.82) is 0 Å². The van der Waals surface area contributed by atoms with Crippen LogP contribution in [0.3, 0.4) is 0 Å². The summed E-state index contributed by atoms with van der Waals surface area (Å²) in [5, 5.41) is 0. The fraction of sp³-hybridized carbons (Fsp3) is 0.250. The van der Waals surface area contributed by atoms with E-state index >= 15 is 0 Å². The van der Waals surface area contributed by atoms with E-state index in [4.69, 9.17) is 5.73 Å². The van der Waals surface area contributed by atoms with Gasteiger partial charge in [-0.1, -0.05) is 6.07 Å². The first kappa shape index (κ1) is 23.0. The minimum Gasteiger partial charge on any atom is -0.382 e. The molecule has 182 valence electrons. The van der Waals surface area contributed by atoms with Crippen molar-refractivity contribution in [3.05, 3.63) is 77.0 Å². The maximum absolute atomic E-state index is 13.5. The molecule has 2 N–H and O–H groups in total. The van der Waals surface area contributed by atoms with E-state index in [0.29, 0.717) is 27.0 Å². The molecule has 1 aliphatic rings. The van der Waals surface area contributed by atoms with Crippen molar-refractivity contribution >= 4 is 28.3 Å². The summed E-state index contributed by atoms with van der Waals surface area (Å²) in [6, 6.07) is 9.71. The normalized spacial score (nSPS) is 16.1. The molecule has 1 atom stereocenters. The highest BCUT2D eigenvalue weighted by molar-refractivity contribution is 5.98. The molecule has 0 radical (unpaired) electrons. The van der Waals surface area contributed by atoms with Crippen molar-refractivity contribution in [3.8, 4) is 0 Å². The highest BCUT2D eigenvalue weighted by Crippen LogP contribution is 2.41. The summed E-state index contributed by atoms with van der Waals surface area (Å²) in [6.45, 7) is -1.53. The maximum Gasteiger partial charge on any atom is 0.416 e. The Morgan fingerprint density at radius 3 is 2.54 bits per heavy atom. The van der Waals surface area contributed by atoms with E-state index in [0.717, 1.165) is 12.1 Å². The van der Waals surface area contributed by atoms with E-state index < -0.39 is 36.4 Å². The van der Waals surface area contributed by atoms with Gasteiger partial charge < -0.3 is 15.0 Å². The summed E-state index contributed by atoms with van der Waals surface area (Å²) < 4.78 is 81.5. The predicted octanol–water partition coefficient (Wildman–Crippen LogP) is 5.78. The van der Waals surface area contributed by atoms with Gasteiger partial charge in [0, 0.05) is 11.8 Å². The van der Waals surface area contributed by atoms with Crippen LogP contribution in [0.15, 0.2) is 54.7 Å². The lowest BCUT2D eigenvalue weighted by molar-refractivity contribution is -0.144. The number of fused-ring (bicyclic) bond motifs is 4. The molecule has 2 aromatic heterocycles. The van der Waals surface area contributed by atoms with Crippen LogP contribution < -0.4 is 5.73 Å². The van der Waals surface area contributed by atoms with Gasteiger partial charge in [0.05, 0.1) is 28.2 Å². The number of halogens is 6. The van der Waals surface area contributed by atoms with Crippen molar-refractivity contribution in [1.82, 2.24) is 14.3 Å². The Morgan fingerprint density at radius 1 is 1.06 bits per heavy atom. The van der Waals surface area contributed by atoms with Gasteiger partial charge in [-0.05, 0) is 66.4 Å². The Morgan fingerprint density at radius 2 is 1.83 bits per heavy atom. The Balaban J connectivity index is 1.56. The fourth-order valence-corrected chi connectivity index (χ4v) is 4.71. The summed E-state index contributed by atoms with van der Waals surface area (Å²) in [6.07, 6.45) is -7.35. The first-order valence-corrected chi connectivity index (χ1v) is 10.7. The van der Waals surface area contributed by atoms with Crippen molar-refractivity contribution in [2.45, 2.75) is 31.2 Å². The van der Waals surface area contributed by atoms with Crippen LogP contribution in [0.25, 0.3) is 16.6 Å². The molecule has 0 saturated heterocycles.